The lowest BCUT2D eigenvalue weighted by Gasteiger charge is -2.27. The maximum Gasteiger partial charge on any atom is 0.0322 e. The summed E-state index contributed by atoms with van der Waals surface area (Å²) in [5, 5.41) is 3.88. The number of nitrogens with one attached hydrogen (secondary N) is 1. The second kappa shape index (κ2) is 8.16. The molecule has 0 aliphatic heterocycles. The summed E-state index contributed by atoms with van der Waals surface area (Å²) in [4.78, 5) is 0. The molecule has 1 aromatic rings. The van der Waals surface area contributed by atoms with Crippen LogP contribution in [0.5, 0.6) is 0 Å². The average Bonchev–Trinajstić information content (AvgIpc) is 2.48. The van der Waals surface area contributed by atoms with Crippen molar-refractivity contribution >= 4 is 0 Å². The fourth-order valence-electron chi connectivity index (χ4n) is 2.86. The summed E-state index contributed by atoms with van der Waals surface area (Å²) < 4.78 is 0. The van der Waals surface area contributed by atoms with Crippen molar-refractivity contribution < 1.29 is 0 Å². The molecule has 104 valence electrons. The third kappa shape index (κ3) is 4.83. The van der Waals surface area contributed by atoms with Gasteiger partial charge >= 0.3 is 0 Å². The van der Waals surface area contributed by atoms with Crippen LogP contribution in [0.4, 0.5) is 0 Å². The largest absolute Gasteiger partial charge is 0.307 e. The van der Waals surface area contributed by atoms with Gasteiger partial charge in [-0.15, -0.1) is 0 Å². The van der Waals surface area contributed by atoms with Crippen molar-refractivity contribution in [3.8, 4) is 0 Å². The zero-order valence-corrected chi connectivity index (χ0v) is 12.1. The van der Waals surface area contributed by atoms with Crippen LogP contribution in [-0.2, 0) is 0 Å². The molecule has 1 N–H and O–H groups in total. The molecular weight excluding hydrogens is 230 g/mol. The van der Waals surface area contributed by atoms with E-state index in [2.05, 4.69) is 54.7 Å². The topological polar surface area (TPSA) is 12.0 Å². The van der Waals surface area contributed by atoms with Crippen LogP contribution in [0.25, 0.3) is 0 Å². The van der Waals surface area contributed by atoms with Gasteiger partial charge in [0.2, 0.25) is 0 Å². The van der Waals surface area contributed by atoms with Crippen LogP contribution >= 0.6 is 0 Å². The van der Waals surface area contributed by atoms with E-state index in [0.717, 1.165) is 0 Å². The van der Waals surface area contributed by atoms with E-state index in [9.17, 15) is 0 Å². The van der Waals surface area contributed by atoms with Crippen molar-refractivity contribution in [3.63, 3.8) is 0 Å². The lowest BCUT2D eigenvalue weighted by Crippen LogP contribution is -2.33. The van der Waals surface area contributed by atoms with Crippen LogP contribution in [0.1, 0.15) is 63.5 Å². The highest BCUT2D eigenvalue weighted by Crippen LogP contribution is 2.23. The number of benzene rings is 1. The Hall–Kier alpha value is -1.08. The van der Waals surface area contributed by atoms with Gasteiger partial charge in [0.25, 0.3) is 0 Å². The molecule has 1 aromatic carbocycles. The van der Waals surface area contributed by atoms with Crippen molar-refractivity contribution in [2.24, 2.45) is 0 Å². The molecule has 19 heavy (non-hydrogen) atoms. The summed E-state index contributed by atoms with van der Waals surface area (Å²) in [6.07, 6.45) is 13.6. The molecule has 2 rings (SSSR count). The molecule has 1 aliphatic carbocycles. The minimum atomic E-state index is 0.532. The molecule has 0 spiro atoms. The first-order chi connectivity index (χ1) is 9.40. The number of hydrogen-bond donors (Lipinski definition) is 1. The van der Waals surface area contributed by atoms with Crippen molar-refractivity contribution in [1.29, 1.82) is 0 Å². The Balaban J connectivity index is 1.95. The summed E-state index contributed by atoms with van der Waals surface area (Å²) >= 11 is 0. The Morgan fingerprint density at radius 2 is 2.00 bits per heavy atom. The molecule has 1 aliphatic rings. The van der Waals surface area contributed by atoms with E-state index in [1.807, 2.05) is 0 Å². The molecule has 2 atom stereocenters. The predicted octanol–water partition coefficient (Wildman–Crippen LogP) is 5.01. The highest BCUT2D eigenvalue weighted by atomic mass is 14.9. The monoisotopic (exact) mass is 257 g/mol. The van der Waals surface area contributed by atoms with Crippen molar-refractivity contribution in [2.45, 2.75) is 64.0 Å². The van der Waals surface area contributed by atoms with E-state index in [1.54, 1.807) is 0 Å². The van der Waals surface area contributed by atoms with Gasteiger partial charge in [-0.2, -0.15) is 0 Å². The van der Waals surface area contributed by atoms with E-state index in [0.29, 0.717) is 12.1 Å². The van der Waals surface area contributed by atoms with Crippen LogP contribution < -0.4 is 5.32 Å². The molecular formula is C18H27N. The Morgan fingerprint density at radius 1 is 1.16 bits per heavy atom. The van der Waals surface area contributed by atoms with Crippen molar-refractivity contribution in [3.05, 3.63) is 48.0 Å². The normalized spacial score (nSPS) is 20.4. The highest BCUT2D eigenvalue weighted by Gasteiger charge is 2.16. The van der Waals surface area contributed by atoms with Gasteiger partial charge in [-0.05, 0) is 31.2 Å². The molecule has 1 nitrogen and oxygen atoms in total. The Kier molecular flexibility index (Phi) is 6.16. The minimum Gasteiger partial charge on any atom is -0.307 e. The summed E-state index contributed by atoms with van der Waals surface area (Å²) in [6, 6.07) is 12.1. The van der Waals surface area contributed by atoms with Crippen LogP contribution in [-0.4, -0.2) is 6.04 Å². The minimum absolute atomic E-state index is 0.532. The fraction of sp³-hybridized carbons (Fsp3) is 0.556. The van der Waals surface area contributed by atoms with Gasteiger partial charge in [0.05, 0.1) is 0 Å². The standard InChI is InChI=1S/C18H27N/c1-2-3-6-15-18(16-11-7-4-8-12-16)19-17-13-9-5-10-14-17/h4-5,7-9,11-12,17-19H,2-3,6,10,13-15H2,1H3. The van der Waals surface area contributed by atoms with Gasteiger partial charge < -0.3 is 5.32 Å². The summed E-state index contributed by atoms with van der Waals surface area (Å²) in [6.45, 7) is 2.27. The summed E-state index contributed by atoms with van der Waals surface area (Å²) in [7, 11) is 0. The molecule has 0 saturated heterocycles. The first-order valence-corrected chi connectivity index (χ1v) is 7.86. The molecule has 0 fully saturated rings. The average molecular weight is 257 g/mol. The fourth-order valence-corrected chi connectivity index (χ4v) is 2.86. The molecule has 0 aromatic heterocycles. The van der Waals surface area contributed by atoms with Crippen molar-refractivity contribution in [1.82, 2.24) is 5.32 Å². The first-order valence-electron chi connectivity index (χ1n) is 7.86. The van der Waals surface area contributed by atoms with E-state index < -0.39 is 0 Å². The van der Waals surface area contributed by atoms with Crippen LogP contribution in [0.3, 0.4) is 0 Å². The first kappa shape index (κ1) is 14.3. The number of hydrogen-bond acceptors (Lipinski definition) is 1. The maximum atomic E-state index is 3.88. The molecule has 2 unspecified atom stereocenters. The van der Waals surface area contributed by atoms with Crippen LogP contribution in [0.2, 0.25) is 0 Å². The lowest BCUT2D eigenvalue weighted by atomic mass is 9.96. The molecule has 0 amide bonds. The van der Waals surface area contributed by atoms with Gasteiger partial charge in [0.15, 0.2) is 0 Å². The van der Waals surface area contributed by atoms with E-state index in [4.69, 9.17) is 0 Å². The van der Waals surface area contributed by atoms with Gasteiger partial charge in [0.1, 0.15) is 0 Å². The zero-order valence-electron chi connectivity index (χ0n) is 12.1. The maximum absolute atomic E-state index is 3.88. The SMILES string of the molecule is CCCCCC(NC1CC=CCC1)c1ccccc1. The Labute approximate surface area is 118 Å². The molecule has 1 heteroatoms. The van der Waals surface area contributed by atoms with E-state index >= 15 is 0 Å². The van der Waals surface area contributed by atoms with Crippen LogP contribution in [0, 0.1) is 0 Å². The van der Waals surface area contributed by atoms with Gasteiger partial charge in [-0.25, -0.2) is 0 Å². The van der Waals surface area contributed by atoms with E-state index in [1.165, 1.54) is 50.5 Å². The van der Waals surface area contributed by atoms with Crippen molar-refractivity contribution in [2.75, 3.05) is 0 Å². The zero-order chi connectivity index (χ0) is 13.3. The quantitative estimate of drug-likeness (QED) is 0.535. The van der Waals surface area contributed by atoms with E-state index in [-0.39, 0.29) is 0 Å². The lowest BCUT2D eigenvalue weighted by molar-refractivity contribution is 0.384. The number of rotatable bonds is 7. The van der Waals surface area contributed by atoms with Gasteiger partial charge in [-0.1, -0.05) is 68.7 Å². The third-order valence-electron chi connectivity index (χ3n) is 4.00. The molecule has 0 radical (unpaired) electrons. The number of allylic oxidation sites excluding steroid dienone is 1. The smallest absolute Gasteiger partial charge is 0.0322 e. The second-order valence-electron chi connectivity index (χ2n) is 5.61. The van der Waals surface area contributed by atoms with Gasteiger partial charge in [0, 0.05) is 12.1 Å². The highest BCUT2D eigenvalue weighted by molar-refractivity contribution is 5.19. The Morgan fingerprint density at radius 3 is 2.68 bits per heavy atom. The predicted molar refractivity (Wildman–Crippen MR) is 83.2 cm³/mol. The summed E-state index contributed by atoms with van der Waals surface area (Å²) in [5.74, 6) is 0. The molecule has 0 saturated carbocycles. The van der Waals surface area contributed by atoms with Gasteiger partial charge in [-0.3, -0.25) is 0 Å². The Bertz CT molecular complexity index is 369. The van der Waals surface area contributed by atoms with Crippen LogP contribution in [0.15, 0.2) is 42.5 Å². The molecule has 0 heterocycles. The number of unbranched alkanes of at least 4 members (excludes halogenated alkanes) is 2. The third-order valence-corrected chi connectivity index (χ3v) is 4.00. The summed E-state index contributed by atoms with van der Waals surface area (Å²) in [5.41, 5.74) is 1.45. The second-order valence-corrected chi connectivity index (χ2v) is 5.61. The molecule has 0 bridgehead atoms.